The van der Waals surface area contributed by atoms with Crippen LogP contribution >= 0.6 is 23.2 Å². The zero-order valence-corrected chi connectivity index (χ0v) is 13.2. The van der Waals surface area contributed by atoms with E-state index in [0.717, 1.165) is 5.56 Å². The monoisotopic (exact) mass is 323 g/mol. The number of carbonyl (C=O) groups excluding carboxylic acids is 1. The fraction of sp³-hybridized carbons (Fsp3) is 0.200. The van der Waals surface area contributed by atoms with Gasteiger partial charge >= 0.3 is 0 Å². The topological polar surface area (TPSA) is 59.2 Å². The molecule has 2 N–H and O–H groups in total. The minimum absolute atomic E-state index is 0.233. The molecule has 1 unspecified atom stereocenters. The third-order valence-electron chi connectivity index (χ3n) is 3.36. The van der Waals surface area contributed by atoms with Crippen LogP contribution in [-0.2, 0) is 0 Å². The molecule has 0 bridgehead atoms. The average Bonchev–Trinajstić information content (AvgIpc) is 2.45. The number of hydrogen-bond acceptors (Lipinski definition) is 3. The zero-order valence-electron chi connectivity index (χ0n) is 11.7. The van der Waals surface area contributed by atoms with Crippen LogP contribution in [0, 0.1) is 0 Å². The first kappa shape index (κ1) is 15.6. The summed E-state index contributed by atoms with van der Waals surface area (Å²) in [7, 11) is 1.69. The Morgan fingerprint density at radius 2 is 2.05 bits per heavy atom. The summed E-state index contributed by atoms with van der Waals surface area (Å²) < 4.78 is 0. The molecule has 0 aliphatic carbocycles. The highest BCUT2D eigenvalue weighted by Gasteiger charge is 2.23. The molecular weight excluding hydrogens is 309 g/mol. The molecule has 0 aliphatic heterocycles. The van der Waals surface area contributed by atoms with Gasteiger partial charge in [-0.05, 0) is 36.8 Å². The molecule has 0 radical (unpaired) electrons. The number of nitrogen functional groups attached to an aromatic ring is 1. The third kappa shape index (κ3) is 3.28. The second-order valence-electron chi connectivity index (χ2n) is 4.70. The number of pyridine rings is 1. The van der Waals surface area contributed by atoms with Gasteiger partial charge in [0, 0.05) is 23.3 Å². The van der Waals surface area contributed by atoms with E-state index in [1.165, 1.54) is 6.20 Å². The van der Waals surface area contributed by atoms with Crippen molar-refractivity contribution in [2.24, 2.45) is 0 Å². The molecule has 0 fully saturated rings. The minimum atomic E-state index is -0.258. The van der Waals surface area contributed by atoms with Crippen LogP contribution < -0.4 is 5.73 Å². The van der Waals surface area contributed by atoms with E-state index in [-0.39, 0.29) is 17.6 Å². The number of nitrogens with zero attached hydrogens (tertiary/aromatic N) is 2. The summed E-state index contributed by atoms with van der Waals surface area (Å²) in [5.74, 6) is -0.258. The third-order valence-corrected chi connectivity index (χ3v) is 3.92. The van der Waals surface area contributed by atoms with Gasteiger partial charge in [-0.25, -0.2) is 4.98 Å². The smallest absolute Gasteiger partial charge is 0.274 e. The summed E-state index contributed by atoms with van der Waals surface area (Å²) in [6.45, 7) is 1.88. The van der Waals surface area contributed by atoms with E-state index in [2.05, 4.69) is 4.98 Å². The summed E-state index contributed by atoms with van der Waals surface area (Å²) in [5.41, 5.74) is 7.19. The lowest BCUT2D eigenvalue weighted by molar-refractivity contribution is 0.0738. The van der Waals surface area contributed by atoms with Gasteiger partial charge < -0.3 is 10.6 Å². The second-order valence-corrected chi connectivity index (χ2v) is 5.54. The van der Waals surface area contributed by atoms with Crippen molar-refractivity contribution in [3.63, 3.8) is 0 Å². The van der Waals surface area contributed by atoms with Gasteiger partial charge in [0.1, 0.15) is 0 Å². The van der Waals surface area contributed by atoms with E-state index in [1.807, 2.05) is 6.92 Å². The molecule has 0 saturated carbocycles. The van der Waals surface area contributed by atoms with Crippen molar-refractivity contribution in [3.8, 4) is 0 Å². The lowest BCUT2D eigenvalue weighted by atomic mass is 10.1. The lowest BCUT2D eigenvalue weighted by Crippen LogP contribution is -2.31. The van der Waals surface area contributed by atoms with Crippen LogP contribution in [0.4, 0.5) is 5.69 Å². The summed E-state index contributed by atoms with van der Waals surface area (Å²) in [5, 5.41) is 1.07. The molecule has 0 saturated heterocycles. The van der Waals surface area contributed by atoms with Crippen LogP contribution in [0.3, 0.4) is 0 Å². The first-order valence-corrected chi connectivity index (χ1v) is 7.10. The predicted molar refractivity (Wildman–Crippen MR) is 85.6 cm³/mol. The highest BCUT2D eigenvalue weighted by Crippen LogP contribution is 2.30. The van der Waals surface area contributed by atoms with Gasteiger partial charge in [0.2, 0.25) is 0 Å². The van der Waals surface area contributed by atoms with Gasteiger partial charge in [0.05, 0.1) is 11.7 Å². The molecule has 1 aromatic carbocycles. The van der Waals surface area contributed by atoms with Gasteiger partial charge in [-0.1, -0.05) is 29.3 Å². The Morgan fingerprint density at radius 3 is 2.67 bits per heavy atom. The Kier molecular flexibility index (Phi) is 4.70. The SMILES string of the molecule is CC(c1ccc(Cl)cc1Cl)N(C)C(=O)c1ncccc1N. The van der Waals surface area contributed by atoms with Crippen molar-refractivity contribution in [2.45, 2.75) is 13.0 Å². The molecule has 2 aromatic rings. The Hall–Kier alpha value is -1.78. The normalized spacial score (nSPS) is 12.0. The van der Waals surface area contributed by atoms with Gasteiger partial charge in [0.25, 0.3) is 5.91 Å². The summed E-state index contributed by atoms with van der Waals surface area (Å²) in [6, 6.07) is 8.30. The van der Waals surface area contributed by atoms with Crippen molar-refractivity contribution in [3.05, 3.63) is 57.8 Å². The van der Waals surface area contributed by atoms with Gasteiger partial charge in [-0.3, -0.25) is 4.79 Å². The highest BCUT2D eigenvalue weighted by molar-refractivity contribution is 6.35. The van der Waals surface area contributed by atoms with E-state index < -0.39 is 0 Å². The van der Waals surface area contributed by atoms with E-state index >= 15 is 0 Å². The number of amides is 1. The molecule has 1 amide bonds. The Bertz CT molecular complexity index is 676. The Morgan fingerprint density at radius 1 is 1.33 bits per heavy atom. The van der Waals surface area contributed by atoms with Crippen LogP contribution in [-0.4, -0.2) is 22.8 Å². The summed E-state index contributed by atoms with van der Waals surface area (Å²) in [4.78, 5) is 18.1. The maximum Gasteiger partial charge on any atom is 0.274 e. The zero-order chi connectivity index (χ0) is 15.6. The van der Waals surface area contributed by atoms with E-state index in [9.17, 15) is 4.79 Å². The van der Waals surface area contributed by atoms with Crippen LogP contribution in [0.5, 0.6) is 0 Å². The molecule has 4 nitrogen and oxygen atoms in total. The number of benzene rings is 1. The fourth-order valence-electron chi connectivity index (χ4n) is 1.99. The highest BCUT2D eigenvalue weighted by atomic mass is 35.5. The Labute approximate surface area is 133 Å². The van der Waals surface area contributed by atoms with Crippen LogP contribution in [0.2, 0.25) is 10.0 Å². The maximum absolute atomic E-state index is 12.5. The van der Waals surface area contributed by atoms with Crippen molar-refractivity contribution >= 4 is 34.8 Å². The predicted octanol–water partition coefficient (Wildman–Crippen LogP) is 3.80. The second kappa shape index (κ2) is 6.33. The standard InChI is InChI=1S/C15H15Cl2N3O/c1-9(11-6-5-10(16)8-12(11)17)20(2)15(21)14-13(18)4-3-7-19-14/h3-9H,18H2,1-2H3. The van der Waals surface area contributed by atoms with Crippen molar-refractivity contribution in [1.82, 2.24) is 9.88 Å². The van der Waals surface area contributed by atoms with E-state index in [1.54, 1.807) is 42.3 Å². The molecule has 1 atom stereocenters. The van der Waals surface area contributed by atoms with Crippen molar-refractivity contribution < 1.29 is 4.79 Å². The van der Waals surface area contributed by atoms with Gasteiger partial charge in [0.15, 0.2) is 5.69 Å². The average molecular weight is 324 g/mol. The molecule has 1 heterocycles. The first-order valence-electron chi connectivity index (χ1n) is 6.34. The van der Waals surface area contributed by atoms with Crippen molar-refractivity contribution in [1.29, 1.82) is 0 Å². The van der Waals surface area contributed by atoms with Crippen LogP contribution in [0.25, 0.3) is 0 Å². The van der Waals surface area contributed by atoms with Crippen LogP contribution in [0.1, 0.15) is 29.0 Å². The Balaban J connectivity index is 2.29. The fourth-order valence-corrected chi connectivity index (χ4v) is 2.55. The molecule has 6 heteroatoms. The molecule has 2 rings (SSSR count). The quantitative estimate of drug-likeness (QED) is 0.934. The number of rotatable bonds is 3. The van der Waals surface area contributed by atoms with E-state index in [4.69, 9.17) is 28.9 Å². The maximum atomic E-state index is 12.5. The van der Waals surface area contributed by atoms with Gasteiger partial charge in [-0.2, -0.15) is 0 Å². The largest absolute Gasteiger partial charge is 0.397 e. The number of nitrogens with two attached hydrogens (primary N) is 1. The first-order chi connectivity index (χ1) is 9.91. The molecule has 110 valence electrons. The lowest BCUT2D eigenvalue weighted by Gasteiger charge is -2.26. The van der Waals surface area contributed by atoms with Crippen molar-refractivity contribution in [2.75, 3.05) is 12.8 Å². The molecule has 0 spiro atoms. The number of carbonyl (C=O) groups is 1. The van der Waals surface area contributed by atoms with Gasteiger partial charge in [-0.15, -0.1) is 0 Å². The number of hydrogen-bond donors (Lipinski definition) is 1. The minimum Gasteiger partial charge on any atom is -0.397 e. The number of halogens is 2. The summed E-state index contributed by atoms with van der Waals surface area (Å²) >= 11 is 12.1. The summed E-state index contributed by atoms with van der Waals surface area (Å²) in [6.07, 6.45) is 1.54. The molecule has 0 aliphatic rings. The molecule has 1 aromatic heterocycles. The number of anilines is 1. The molecule has 21 heavy (non-hydrogen) atoms. The van der Waals surface area contributed by atoms with Crippen LogP contribution in [0.15, 0.2) is 36.5 Å². The molecular formula is C15H15Cl2N3O. The van der Waals surface area contributed by atoms with E-state index in [0.29, 0.717) is 15.7 Å². The number of aromatic nitrogens is 1.